The van der Waals surface area contributed by atoms with E-state index in [9.17, 15) is 5.11 Å². The number of hydrogen-bond acceptors (Lipinski definition) is 5. The van der Waals surface area contributed by atoms with Crippen LogP contribution >= 0.6 is 11.3 Å². The first-order chi connectivity index (χ1) is 8.05. The van der Waals surface area contributed by atoms with Crippen LogP contribution in [0.3, 0.4) is 0 Å². The van der Waals surface area contributed by atoms with Crippen LogP contribution in [0.5, 0.6) is 0 Å². The summed E-state index contributed by atoms with van der Waals surface area (Å²) in [7, 11) is 2.08. The van der Waals surface area contributed by atoms with Gasteiger partial charge in [-0.25, -0.2) is 0 Å². The van der Waals surface area contributed by atoms with Crippen molar-refractivity contribution in [3.05, 3.63) is 10.0 Å². The molecule has 0 unspecified atom stereocenters. The molecule has 0 radical (unpaired) electrons. The van der Waals surface area contributed by atoms with Gasteiger partial charge in [-0.2, -0.15) is 0 Å². The zero-order valence-electron chi connectivity index (χ0n) is 11.2. The van der Waals surface area contributed by atoms with Gasteiger partial charge in [-0.05, 0) is 26.8 Å². The zero-order chi connectivity index (χ0) is 12.9. The minimum Gasteiger partial charge on any atom is -0.396 e. The Balaban J connectivity index is 2.56. The van der Waals surface area contributed by atoms with E-state index >= 15 is 0 Å². The molecule has 0 saturated carbocycles. The van der Waals surface area contributed by atoms with E-state index in [0.717, 1.165) is 35.9 Å². The molecular weight excluding hydrogens is 234 g/mol. The molecule has 0 amide bonds. The molecule has 1 heterocycles. The number of aromatic nitrogens is 2. The van der Waals surface area contributed by atoms with Gasteiger partial charge in [0, 0.05) is 18.6 Å². The van der Waals surface area contributed by atoms with Gasteiger partial charge in [0.2, 0.25) is 0 Å². The van der Waals surface area contributed by atoms with Crippen molar-refractivity contribution >= 4 is 11.3 Å². The summed E-state index contributed by atoms with van der Waals surface area (Å²) in [5.74, 6) is 0. The van der Waals surface area contributed by atoms with E-state index in [0.29, 0.717) is 0 Å². The van der Waals surface area contributed by atoms with Gasteiger partial charge in [0.15, 0.2) is 0 Å². The van der Waals surface area contributed by atoms with Crippen LogP contribution < -0.4 is 0 Å². The standard InChI is InChI=1S/C12H23N3OS/c1-5-12(6-2,9-16)8-15(4)7-11-14-13-10(3)17-11/h16H,5-9H2,1-4H3. The molecular formula is C12H23N3OS. The molecule has 0 aliphatic heterocycles. The second-order valence-electron chi connectivity index (χ2n) is 4.75. The Morgan fingerprint density at radius 3 is 2.35 bits per heavy atom. The van der Waals surface area contributed by atoms with Gasteiger partial charge in [-0.15, -0.1) is 21.5 Å². The fraction of sp³-hybridized carbons (Fsp3) is 0.833. The fourth-order valence-corrected chi connectivity index (χ4v) is 2.80. The number of aliphatic hydroxyl groups is 1. The lowest BCUT2D eigenvalue weighted by Gasteiger charge is -2.33. The average Bonchev–Trinajstić information content (AvgIpc) is 2.72. The quantitative estimate of drug-likeness (QED) is 0.812. The van der Waals surface area contributed by atoms with E-state index in [-0.39, 0.29) is 12.0 Å². The van der Waals surface area contributed by atoms with E-state index in [1.807, 2.05) is 6.92 Å². The Morgan fingerprint density at radius 1 is 1.29 bits per heavy atom. The number of nitrogens with zero attached hydrogens (tertiary/aromatic N) is 3. The van der Waals surface area contributed by atoms with Crippen molar-refractivity contribution in [1.82, 2.24) is 15.1 Å². The Morgan fingerprint density at radius 2 is 1.94 bits per heavy atom. The fourth-order valence-electron chi connectivity index (χ4n) is 2.01. The highest BCUT2D eigenvalue weighted by Gasteiger charge is 2.27. The molecule has 0 bridgehead atoms. The SMILES string of the molecule is CCC(CC)(CO)CN(C)Cc1nnc(C)s1. The summed E-state index contributed by atoms with van der Waals surface area (Å²) in [6.07, 6.45) is 2.00. The first-order valence-electron chi connectivity index (χ1n) is 6.13. The molecule has 17 heavy (non-hydrogen) atoms. The molecule has 98 valence electrons. The molecule has 4 nitrogen and oxygen atoms in total. The van der Waals surface area contributed by atoms with Crippen molar-refractivity contribution < 1.29 is 5.11 Å². The maximum atomic E-state index is 9.54. The Kier molecular flexibility index (Phi) is 5.49. The van der Waals surface area contributed by atoms with Crippen LogP contribution in [0.15, 0.2) is 0 Å². The van der Waals surface area contributed by atoms with Crippen molar-refractivity contribution in [2.75, 3.05) is 20.2 Å². The number of aryl methyl sites for hydroxylation is 1. The van der Waals surface area contributed by atoms with Crippen molar-refractivity contribution in [2.45, 2.75) is 40.2 Å². The number of aliphatic hydroxyl groups excluding tert-OH is 1. The summed E-state index contributed by atoms with van der Waals surface area (Å²) in [6, 6.07) is 0. The average molecular weight is 257 g/mol. The molecule has 0 aliphatic rings. The second-order valence-corrected chi connectivity index (χ2v) is 6.02. The Bertz CT molecular complexity index is 328. The highest BCUT2D eigenvalue weighted by molar-refractivity contribution is 7.11. The van der Waals surface area contributed by atoms with Crippen molar-refractivity contribution in [1.29, 1.82) is 0 Å². The number of rotatable bonds is 7. The maximum Gasteiger partial charge on any atom is 0.131 e. The van der Waals surface area contributed by atoms with Gasteiger partial charge < -0.3 is 5.11 Å². The number of hydrogen-bond donors (Lipinski definition) is 1. The Hall–Kier alpha value is -0.520. The van der Waals surface area contributed by atoms with E-state index in [1.54, 1.807) is 11.3 Å². The summed E-state index contributed by atoms with van der Waals surface area (Å²) in [4.78, 5) is 2.23. The van der Waals surface area contributed by atoms with Crippen LogP contribution in [0.25, 0.3) is 0 Å². The smallest absolute Gasteiger partial charge is 0.131 e. The zero-order valence-corrected chi connectivity index (χ0v) is 12.0. The van der Waals surface area contributed by atoms with Gasteiger partial charge in [-0.1, -0.05) is 13.8 Å². The normalized spacial score (nSPS) is 12.4. The molecule has 5 heteroatoms. The molecule has 0 aromatic carbocycles. The topological polar surface area (TPSA) is 49.2 Å². The van der Waals surface area contributed by atoms with Crippen LogP contribution in [0.1, 0.15) is 36.7 Å². The van der Waals surface area contributed by atoms with Crippen molar-refractivity contribution in [3.63, 3.8) is 0 Å². The molecule has 0 aliphatic carbocycles. The van der Waals surface area contributed by atoms with E-state index in [4.69, 9.17) is 0 Å². The predicted molar refractivity (Wildman–Crippen MR) is 71.1 cm³/mol. The molecule has 1 rings (SSSR count). The van der Waals surface area contributed by atoms with Gasteiger partial charge in [0.25, 0.3) is 0 Å². The maximum absolute atomic E-state index is 9.54. The summed E-state index contributed by atoms with van der Waals surface area (Å²) < 4.78 is 0. The van der Waals surface area contributed by atoms with Crippen LogP contribution in [-0.4, -0.2) is 40.4 Å². The van der Waals surface area contributed by atoms with Crippen molar-refractivity contribution in [2.24, 2.45) is 5.41 Å². The highest BCUT2D eigenvalue weighted by atomic mass is 32.1. The van der Waals surface area contributed by atoms with Gasteiger partial charge >= 0.3 is 0 Å². The van der Waals surface area contributed by atoms with Crippen LogP contribution in [0.2, 0.25) is 0 Å². The van der Waals surface area contributed by atoms with Crippen LogP contribution in [-0.2, 0) is 6.54 Å². The van der Waals surface area contributed by atoms with Crippen molar-refractivity contribution in [3.8, 4) is 0 Å². The first-order valence-corrected chi connectivity index (χ1v) is 6.95. The summed E-state index contributed by atoms with van der Waals surface area (Å²) in [5.41, 5.74) is 0.0223. The van der Waals surface area contributed by atoms with Gasteiger partial charge in [0.05, 0.1) is 6.54 Å². The minimum atomic E-state index is 0.0223. The lowest BCUT2D eigenvalue weighted by Crippen LogP contribution is -2.37. The Labute approximate surface area is 108 Å². The minimum absolute atomic E-state index is 0.0223. The van der Waals surface area contributed by atoms with Crippen LogP contribution in [0.4, 0.5) is 0 Å². The molecule has 1 N–H and O–H groups in total. The molecule has 0 atom stereocenters. The lowest BCUT2D eigenvalue weighted by atomic mass is 9.83. The van der Waals surface area contributed by atoms with E-state index in [1.165, 1.54) is 0 Å². The highest BCUT2D eigenvalue weighted by Crippen LogP contribution is 2.27. The van der Waals surface area contributed by atoms with Gasteiger partial charge in [0.1, 0.15) is 10.0 Å². The summed E-state index contributed by atoms with van der Waals surface area (Å²) >= 11 is 1.64. The summed E-state index contributed by atoms with van der Waals surface area (Å²) in [6.45, 7) is 8.21. The molecule has 0 saturated heterocycles. The third-order valence-corrected chi connectivity index (χ3v) is 4.24. The molecule has 1 aromatic rings. The second kappa shape index (κ2) is 6.42. The molecule has 0 fully saturated rings. The van der Waals surface area contributed by atoms with Crippen LogP contribution in [0, 0.1) is 12.3 Å². The van der Waals surface area contributed by atoms with Gasteiger partial charge in [-0.3, -0.25) is 4.90 Å². The largest absolute Gasteiger partial charge is 0.396 e. The third-order valence-electron chi connectivity index (χ3n) is 3.41. The summed E-state index contributed by atoms with van der Waals surface area (Å²) in [5, 5.41) is 19.7. The monoisotopic (exact) mass is 257 g/mol. The predicted octanol–water partition coefficient (Wildman–Crippen LogP) is 2.08. The lowest BCUT2D eigenvalue weighted by molar-refractivity contribution is 0.0730. The molecule has 0 spiro atoms. The molecule has 1 aromatic heterocycles. The first kappa shape index (κ1) is 14.5. The van der Waals surface area contributed by atoms with E-state index in [2.05, 4.69) is 36.0 Å². The third kappa shape index (κ3) is 4.01. The van der Waals surface area contributed by atoms with E-state index < -0.39 is 0 Å².